The van der Waals surface area contributed by atoms with Crippen LogP contribution in [-0.4, -0.2) is 67.7 Å². The molecule has 3 aromatic heterocycles. The molecule has 230 valence electrons. The molecule has 17 heteroatoms. The lowest BCUT2D eigenvalue weighted by Crippen LogP contribution is -2.10. The van der Waals surface area contributed by atoms with Crippen LogP contribution in [0.1, 0.15) is 43.5 Å². The molecule has 0 radical (unpaired) electrons. The molecule has 0 fully saturated rings. The maximum absolute atomic E-state index is 14.4. The fourth-order valence-corrected chi connectivity index (χ4v) is 3.79. The van der Waals surface area contributed by atoms with E-state index in [9.17, 15) is 23.5 Å². The van der Waals surface area contributed by atoms with E-state index in [-0.39, 0.29) is 46.4 Å². The van der Waals surface area contributed by atoms with Gasteiger partial charge in [0.05, 0.1) is 5.56 Å². The molecule has 0 aliphatic rings. The lowest BCUT2D eigenvalue weighted by atomic mass is 10.2. The summed E-state index contributed by atoms with van der Waals surface area (Å²) in [5, 5.41) is 42.1. The molecule has 0 amide bonds. The summed E-state index contributed by atoms with van der Waals surface area (Å²) in [6, 6.07) is 15.6. The monoisotopic (exact) mass is 635 g/mol. The Hall–Kier alpha value is -7.40. The van der Waals surface area contributed by atoms with Gasteiger partial charge in [0.25, 0.3) is 17.7 Å². The summed E-state index contributed by atoms with van der Waals surface area (Å²) in [6.45, 7) is 0. The van der Waals surface area contributed by atoms with Crippen LogP contribution in [0.2, 0.25) is 0 Å². The first kappa shape index (κ1) is 29.7. The summed E-state index contributed by atoms with van der Waals surface area (Å²) in [5.74, 6) is 6.32. The predicted octanol–water partition coefficient (Wildman–Crippen LogP) is 3.56. The maximum Gasteiger partial charge on any atom is 0.360 e. The molecule has 3 heterocycles. The first-order valence-electron chi connectivity index (χ1n) is 13.0. The van der Waals surface area contributed by atoms with Crippen LogP contribution in [-0.2, 0) is 0 Å². The zero-order valence-corrected chi connectivity index (χ0v) is 23.3. The molecule has 6 aromatic rings. The van der Waals surface area contributed by atoms with E-state index in [1.807, 2.05) is 0 Å². The zero-order valence-electron chi connectivity index (χ0n) is 23.3. The van der Waals surface area contributed by atoms with Crippen molar-refractivity contribution in [3.63, 3.8) is 0 Å². The Bertz CT molecular complexity index is 2260. The Morgan fingerprint density at radius 3 is 2.15 bits per heavy atom. The van der Waals surface area contributed by atoms with E-state index in [1.165, 1.54) is 24.3 Å². The molecular weight excluding hydrogens is 620 g/mol. The molecule has 0 atom stereocenters. The first-order chi connectivity index (χ1) is 22.7. The van der Waals surface area contributed by atoms with Crippen molar-refractivity contribution in [3.8, 4) is 52.9 Å². The number of aromatic amines is 2. The highest BCUT2D eigenvalue weighted by atomic mass is 19.1. The lowest BCUT2D eigenvalue weighted by Gasteiger charge is -2.03. The van der Waals surface area contributed by atoms with E-state index in [0.29, 0.717) is 11.1 Å². The van der Waals surface area contributed by atoms with E-state index in [1.54, 1.807) is 36.4 Å². The predicted molar refractivity (Wildman–Crippen MR) is 153 cm³/mol. The van der Waals surface area contributed by atoms with Gasteiger partial charge in [-0.3, -0.25) is 5.10 Å². The third-order valence-electron chi connectivity index (χ3n) is 5.97. The summed E-state index contributed by atoms with van der Waals surface area (Å²) < 4.78 is 39.4. The van der Waals surface area contributed by atoms with Crippen LogP contribution < -0.4 is 9.47 Å². The highest BCUT2D eigenvalue weighted by Gasteiger charge is 2.25. The van der Waals surface area contributed by atoms with Crippen molar-refractivity contribution in [1.82, 2.24) is 45.6 Å². The molecular formula is C30H15F2N9O6. The van der Waals surface area contributed by atoms with E-state index in [2.05, 4.69) is 64.6 Å². The van der Waals surface area contributed by atoms with E-state index in [0.717, 1.165) is 10.7 Å². The second kappa shape index (κ2) is 12.7. The fraction of sp³-hybridized carbons (Fsp3) is 0. The number of hydrogen-bond donors (Lipinski definition) is 4. The fourth-order valence-electron chi connectivity index (χ4n) is 3.79. The van der Waals surface area contributed by atoms with Gasteiger partial charge in [-0.1, -0.05) is 38.4 Å². The number of nitrogens with zero attached hydrogens (tertiary/aromatic N) is 7. The van der Waals surface area contributed by atoms with E-state index >= 15 is 0 Å². The number of benzene rings is 3. The van der Waals surface area contributed by atoms with Gasteiger partial charge in [0, 0.05) is 11.1 Å². The van der Waals surface area contributed by atoms with Gasteiger partial charge >= 0.3 is 11.9 Å². The molecule has 6 rings (SSSR count). The Balaban J connectivity index is 1.18. The first-order valence-corrected chi connectivity index (χ1v) is 13.0. The molecule has 0 saturated heterocycles. The molecule has 0 aliphatic carbocycles. The number of rotatable bonds is 7. The number of carboxylic acids is 2. The molecule has 0 spiro atoms. The number of carboxylic acid groups (broad SMARTS) is 2. The Kier molecular flexibility index (Phi) is 8.00. The van der Waals surface area contributed by atoms with Crippen LogP contribution in [0.4, 0.5) is 8.78 Å². The molecule has 0 bridgehead atoms. The lowest BCUT2D eigenvalue weighted by molar-refractivity contribution is 0.0674. The third-order valence-corrected chi connectivity index (χ3v) is 5.97. The second-order valence-corrected chi connectivity index (χ2v) is 9.12. The normalized spacial score (nSPS) is 10.3. The van der Waals surface area contributed by atoms with Gasteiger partial charge in [0.1, 0.15) is 23.1 Å². The van der Waals surface area contributed by atoms with Crippen LogP contribution in [0.3, 0.4) is 0 Å². The minimum absolute atomic E-state index is 0.0270. The van der Waals surface area contributed by atoms with Crippen molar-refractivity contribution in [3.05, 3.63) is 112 Å². The van der Waals surface area contributed by atoms with Crippen molar-refractivity contribution >= 4 is 11.9 Å². The van der Waals surface area contributed by atoms with E-state index in [4.69, 9.17) is 14.6 Å². The summed E-state index contributed by atoms with van der Waals surface area (Å²) in [4.78, 5) is 27.4. The maximum atomic E-state index is 14.4. The summed E-state index contributed by atoms with van der Waals surface area (Å²) in [5.41, 5.74) is 0.216. The number of nitrogens with one attached hydrogen (secondary N) is 2. The topological polar surface area (TPSA) is 207 Å². The number of halogens is 2. The SMILES string of the molecule is O=C(O)c1[nH]nnc1Oc1ccc(F)c(C#Cc2nc(-n3nnc(Oc4ccc(C#Cc5ccc(F)cc5)cc4)c3C(=O)O)n[nH]2)c1. The van der Waals surface area contributed by atoms with E-state index < -0.39 is 29.1 Å². The van der Waals surface area contributed by atoms with Crippen LogP contribution in [0.25, 0.3) is 5.95 Å². The van der Waals surface area contributed by atoms with Crippen molar-refractivity contribution in [2.45, 2.75) is 0 Å². The van der Waals surface area contributed by atoms with Crippen molar-refractivity contribution in [2.75, 3.05) is 0 Å². The molecule has 0 aliphatic heterocycles. The third kappa shape index (κ3) is 6.74. The van der Waals surface area contributed by atoms with Crippen LogP contribution in [0, 0.1) is 35.3 Å². The van der Waals surface area contributed by atoms with Crippen molar-refractivity contribution < 1.29 is 38.1 Å². The molecule has 47 heavy (non-hydrogen) atoms. The smallest absolute Gasteiger partial charge is 0.360 e. The van der Waals surface area contributed by atoms with Gasteiger partial charge in [-0.05, 0) is 72.7 Å². The highest BCUT2D eigenvalue weighted by Crippen LogP contribution is 2.25. The van der Waals surface area contributed by atoms with Gasteiger partial charge in [-0.15, -0.1) is 5.10 Å². The van der Waals surface area contributed by atoms with Gasteiger partial charge in [0.2, 0.25) is 17.2 Å². The summed E-state index contributed by atoms with van der Waals surface area (Å²) in [6.07, 6.45) is 0. The Morgan fingerprint density at radius 2 is 1.45 bits per heavy atom. The standard InChI is InChI=1S/C30H15F2N9O6/c31-19-8-3-16(4-9-19)1-2-17-5-10-20(11-6-17)46-27-25(29(44)45)41(40-37-27)30-33-23(34-38-30)14-7-18-15-21(12-13-22(18)32)47-26-24(28(42)43)35-39-36-26/h3-6,8-13,15H,(H,42,43)(H,44,45)(H,33,34,38)(H,35,36,39). The molecule has 0 unspecified atom stereocenters. The van der Waals surface area contributed by atoms with Gasteiger partial charge in [-0.25, -0.2) is 23.5 Å². The molecule has 3 aromatic carbocycles. The van der Waals surface area contributed by atoms with Crippen molar-refractivity contribution in [1.29, 1.82) is 0 Å². The van der Waals surface area contributed by atoms with Crippen LogP contribution >= 0.6 is 0 Å². The average molecular weight is 636 g/mol. The highest BCUT2D eigenvalue weighted by molar-refractivity contribution is 5.89. The Labute approximate surface area is 260 Å². The number of ether oxygens (including phenoxy) is 2. The van der Waals surface area contributed by atoms with Gasteiger partial charge in [-0.2, -0.15) is 9.67 Å². The molecule has 15 nitrogen and oxygen atoms in total. The number of hydrogen-bond acceptors (Lipinski definition) is 10. The largest absolute Gasteiger partial charge is 0.476 e. The zero-order chi connectivity index (χ0) is 32.9. The van der Waals surface area contributed by atoms with Gasteiger partial charge < -0.3 is 19.7 Å². The minimum Gasteiger partial charge on any atom is -0.476 e. The number of carbonyl (C=O) groups is 2. The van der Waals surface area contributed by atoms with Crippen LogP contribution in [0.15, 0.2) is 66.7 Å². The summed E-state index contributed by atoms with van der Waals surface area (Å²) >= 11 is 0. The van der Waals surface area contributed by atoms with Gasteiger partial charge in [0.15, 0.2) is 0 Å². The Morgan fingerprint density at radius 1 is 0.766 bits per heavy atom. The average Bonchev–Trinajstić information content (AvgIpc) is 3.82. The van der Waals surface area contributed by atoms with Crippen molar-refractivity contribution in [2.24, 2.45) is 0 Å². The number of aromatic nitrogens is 9. The molecule has 4 N–H and O–H groups in total. The summed E-state index contributed by atoms with van der Waals surface area (Å²) in [7, 11) is 0. The molecule has 0 saturated carbocycles. The minimum atomic E-state index is -1.44. The number of aromatic carboxylic acids is 2. The second-order valence-electron chi connectivity index (χ2n) is 9.12. The number of H-pyrrole nitrogens is 2. The quantitative estimate of drug-likeness (QED) is 0.186. The van der Waals surface area contributed by atoms with Crippen LogP contribution in [0.5, 0.6) is 23.3 Å².